The molecule has 0 atom stereocenters. The molecule has 7 heteroatoms. The summed E-state index contributed by atoms with van der Waals surface area (Å²) in [4.78, 5) is 31.4. The van der Waals surface area contributed by atoms with Gasteiger partial charge in [-0.1, -0.05) is 0 Å². The summed E-state index contributed by atoms with van der Waals surface area (Å²) >= 11 is 0. The van der Waals surface area contributed by atoms with Gasteiger partial charge in [-0.3, -0.25) is 4.79 Å². The topological polar surface area (TPSA) is 78.0 Å². The molecule has 1 aromatic heterocycles. The molecule has 0 aliphatic carbocycles. The normalized spacial score (nSPS) is 13.3. The van der Waals surface area contributed by atoms with Crippen LogP contribution in [0.25, 0.3) is 0 Å². The number of methoxy groups -OCH3 is 2. The maximum Gasteiger partial charge on any atom is 0.342 e. The van der Waals surface area contributed by atoms with Crippen LogP contribution < -0.4 is 14.4 Å². The summed E-state index contributed by atoms with van der Waals surface area (Å²) < 4.78 is 15.6. The van der Waals surface area contributed by atoms with E-state index in [0.29, 0.717) is 28.4 Å². The van der Waals surface area contributed by atoms with Crippen molar-refractivity contribution in [2.24, 2.45) is 0 Å². The summed E-state index contributed by atoms with van der Waals surface area (Å²) in [5.41, 5.74) is 0.700. The Morgan fingerprint density at radius 1 is 1.07 bits per heavy atom. The van der Waals surface area contributed by atoms with Gasteiger partial charge in [-0.15, -0.1) is 0 Å². The SMILES string of the molecule is COc1ccc(C(=O)COC(=O)c2cccnc2N2CCCC2)c(OC)c1. The Morgan fingerprint density at radius 2 is 1.85 bits per heavy atom. The number of benzene rings is 1. The van der Waals surface area contributed by atoms with Gasteiger partial charge in [-0.2, -0.15) is 0 Å². The molecule has 0 bridgehead atoms. The average Bonchev–Trinajstić information content (AvgIpc) is 3.26. The molecule has 1 fully saturated rings. The molecule has 0 amide bonds. The lowest BCUT2D eigenvalue weighted by Gasteiger charge is -2.19. The van der Waals surface area contributed by atoms with Crippen molar-refractivity contribution in [3.63, 3.8) is 0 Å². The van der Waals surface area contributed by atoms with Gasteiger partial charge in [0.25, 0.3) is 0 Å². The fourth-order valence-corrected chi connectivity index (χ4v) is 3.05. The maximum atomic E-state index is 12.5. The number of esters is 1. The lowest BCUT2D eigenvalue weighted by Crippen LogP contribution is -2.23. The second kappa shape index (κ2) is 8.53. The highest BCUT2D eigenvalue weighted by Gasteiger charge is 2.22. The lowest BCUT2D eigenvalue weighted by atomic mass is 10.1. The number of hydrogen-bond acceptors (Lipinski definition) is 7. The Balaban J connectivity index is 1.70. The summed E-state index contributed by atoms with van der Waals surface area (Å²) in [7, 11) is 3.00. The molecular weight excluding hydrogens is 348 g/mol. The average molecular weight is 370 g/mol. The van der Waals surface area contributed by atoms with Gasteiger partial charge in [0.05, 0.1) is 19.8 Å². The van der Waals surface area contributed by atoms with Crippen LogP contribution in [0.3, 0.4) is 0 Å². The van der Waals surface area contributed by atoms with Crippen LogP contribution in [-0.4, -0.2) is 50.7 Å². The number of hydrogen-bond donors (Lipinski definition) is 0. The van der Waals surface area contributed by atoms with Gasteiger partial charge in [0.2, 0.25) is 5.78 Å². The summed E-state index contributed by atoms with van der Waals surface area (Å²) in [5.74, 6) is 0.635. The van der Waals surface area contributed by atoms with Crippen molar-refractivity contribution >= 4 is 17.6 Å². The fraction of sp³-hybridized carbons (Fsp3) is 0.350. The van der Waals surface area contributed by atoms with E-state index in [2.05, 4.69) is 9.88 Å². The van der Waals surface area contributed by atoms with Crippen LogP contribution in [0.4, 0.5) is 5.82 Å². The first-order chi connectivity index (χ1) is 13.1. The van der Waals surface area contributed by atoms with Gasteiger partial charge in [-0.05, 0) is 37.1 Å². The second-order valence-electron chi connectivity index (χ2n) is 6.13. The molecule has 1 aromatic carbocycles. The van der Waals surface area contributed by atoms with Crippen molar-refractivity contribution in [1.29, 1.82) is 0 Å². The van der Waals surface area contributed by atoms with Gasteiger partial charge >= 0.3 is 5.97 Å². The number of rotatable bonds is 7. The number of anilines is 1. The Bertz CT molecular complexity index is 831. The summed E-state index contributed by atoms with van der Waals surface area (Å²) in [6.07, 6.45) is 3.79. The molecule has 3 rings (SSSR count). The van der Waals surface area contributed by atoms with E-state index in [-0.39, 0.29) is 12.4 Å². The van der Waals surface area contributed by atoms with E-state index in [0.717, 1.165) is 25.9 Å². The number of pyridine rings is 1. The largest absolute Gasteiger partial charge is 0.497 e. The number of ketones is 1. The summed E-state index contributed by atoms with van der Waals surface area (Å²) in [5, 5.41) is 0. The monoisotopic (exact) mass is 370 g/mol. The molecule has 1 aliphatic heterocycles. The first-order valence-electron chi connectivity index (χ1n) is 8.76. The van der Waals surface area contributed by atoms with Crippen molar-refractivity contribution in [3.05, 3.63) is 47.7 Å². The highest BCUT2D eigenvalue weighted by molar-refractivity contribution is 6.02. The van der Waals surface area contributed by atoms with E-state index in [1.54, 1.807) is 36.5 Å². The van der Waals surface area contributed by atoms with Crippen molar-refractivity contribution in [3.8, 4) is 11.5 Å². The van der Waals surface area contributed by atoms with Crippen molar-refractivity contribution < 1.29 is 23.8 Å². The van der Waals surface area contributed by atoms with E-state index >= 15 is 0 Å². The van der Waals surface area contributed by atoms with Gasteiger partial charge in [0, 0.05) is 25.4 Å². The summed E-state index contributed by atoms with van der Waals surface area (Å²) in [6.45, 7) is 1.34. The number of nitrogens with zero attached hydrogens (tertiary/aromatic N) is 2. The van der Waals surface area contributed by atoms with Crippen LogP contribution in [0, 0.1) is 0 Å². The van der Waals surface area contributed by atoms with Gasteiger partial charge in [-0.25, -0.2) is 9.78 Å². The Hall–Kier alpha value is -3.09. The lowest BCUT2D eigenvalue weighted by molar-refractivity contribution is 0.0474. The molecule has 0 N–H and O–H groups in total. The first kappa shape index (κ1) is 18.7. The second-order valence-corrected chi connectivity index (χ2v) is 6.13. The maximum absolute atomic E-state index is 12.5. The van der Waals surface area contributed by atoms with Crippen LogP contribution >= 0.6 is 0 Å². The van der Waals surface area contributed by atoms with Crippen molar-refractivity contribution in [1.82, 2.24) is 4.98 Å². The number of Topliss-reactive ketones (excluding diaryl/α,β-unsaturated/α-hetero) is 1. The Morgan fingerprint density at radius 3 is 2.56 bits per heavy atom. The van der Waals surface area contributed by atoms with Crippen molar-refractivity contribution in [2.45, 2.75) is 12.8 Å². The highest BCUT2D eigenvalue weighted by Crippen LogP contribution is 2.26. The number of carbonyl (C=O) groups excluding carboxylic acids is 2. The smallest absolute Gasteiger partial charge is 0.342 e. The molecule has 142 valence electrons. The minimum absolute atomic E-state index is 0.331. The quantitative estimate of drug-likeness (QED) is 0.548. The van der Waals surface area contributed by atoms with Gasteiger partial charge < -0.3 is 19.1 Å². The first-order valence-corrected chi connectivity index (χ1v) is 8.76. The molecule has 0 unspecified atom stereocenters. The van der Waals surface area contributed by atoms with Gasteiger partial charge in [0.1, 0.15) is 22.9 Å². The van der Waals surface area contributed by atoms with E-state index < -0.39 is 5.97 Å². The van der Waals surface area contributed by atoms with E-state index in [1.165, 1.54) is 14.2 Å². The number of carbonyl (C=O) groups is 2. The van der Waals surface area contributed by atoms with Crippen LogP contribution in [0.5, 0.6) is 11.5 Å². The van der Waals surface area contributed by atoms with E-state index in [4.69, 9.17) is 14.2 Å². The zero-order valence-electron chi connectivity index (χ0n) is 15.4. The zero-order valence-corrected chi connectivity index (χ0v) is 15.4. The molecule has 1 aliphatic rings. The predicted molar refractivity (Wildman–Crippen MR) is 99.8 cm³/mol. The fourth-order valence-electron chi connectivity index (χ4n) is 3.05. The minimum atomic E-state index is -0.564. The van der Waals surface area contributed by atoms with Crippen LogP contribution in [0.2, 0.25) is 0 Å². The third-order valence-electron chi connectivity index (χ3n) is 4.46. The molecule has 0 radical (unpaired) electrons. The standard InChI is InChI=1S/C20H22N2O5/c1-25-14-7-8-15(18(12-14)26-2)17(23)13-27-20(24)16-6-5-9-21-19(16)22-10-3-4-11-22/h5-9,12H,3-4,10-11,13H2,1-2H3. The third kappa shape index (κ3) is 4.19. The molecule has 2 heterocycles. The predicted octanol–water partition coefficient (Wildman–Crippen LogP) is 2.74. The molecule has 1 saturated heterocycles. The van der Waals surface area contributed by atoms with Crippen LogP contribution in [-0.2, 0) is 4.74 Å². The van der Waals surface area contributed by atoms with E-state index in [9.17, 15) is 9.59 Å². The molecule has 27 heavy (non-hydrogen) atoms. The zero-order chi connectivity index (χ0) is 19.2. The van der Waals surface area contributed by atoms with E-state index in [1.807, 2.05) is 0 Å². The Labute approximate surface area is 157 Å². The minimum Gasteiger partial charge on any atom is -0.497 e. The number of ether oxygens (including phenoxy) is 3. The molecular formula is C20H22N2O5. The number of aromatic nitrogens is 1. The molecule has 0 spiro atoms. The van der Waals surface area contributed by atoms with Crippen LogP contribution in [0.1, 0.15) is 33.6 Å². The molecule has 7 nitrogen and oxygen atoms in total. The molecule has 0 saturated carbocycles. The highest BCUT2D eigenvalue weighted by atomic mass is 16.5. The summed E-state index contributed by atoms with van der Waals surface area (Å²) in [6, 6.07) is 8.21. The molecule has 2 aromatic rings. The van der Waals surface area contributed by atoms with Gasteiger partial charge in [0.15, 0.2) is 6.61 Å². The third-order valence-corrected chi connectivity index (χ3v) is 4.46. The Kier molecular flexibility index (Phi) is 5.90. The van der Waals surface area contributed by atoms with Crippen LogP contribution in [0.15, 0.2) is 36.5 Å². The van der Waals surface area contributed by atoms with Crippen molar-refractivity contribution in [2.75, 3.05) is 38.8 Å².